The summed E-state index contributed by atoms with van der Waals surface area (Å²) in [6, 6.07) is 0. The lowest BCUT2D eigenvalue weighted by Gasteiger charge is -2.12. The van der Waals surface area contributed by atoms with Gasteiger partial charge in [-0.05, 0) is 26.5 Å². The number of anilines is 1. The SMILES string of the molecule is CCNc1nc(CSC)nc(C)c1CC. The van der Waals surface area contributed by atoms with E-state index in [1.54, 1.807) is 11.8 Å². The number of thioether (sulfide) groups is 1. The van der Waals surface area contributed by atoms with E-state index in [4.69, 9.17) is 0 Å². The molecule has 0 aliphatic heterocycles. The van der Waals surface area contributed by atoms with Crippen LogP contribution < -0.4 is 5.32 Å². The van der Waals surface area contributed by atoms with E-state index in [-0.39, 0.29) is 0 Å². The van der Waals surface area contributed by atoms with Gasteiger partial charge in [0.25, 0.3) is 0 Å². The molecule has 0 saturated carbocycles. The quantitative estimate of drug-likeness (QED) is 0.836. The Morgan fingerprint density at radius 3 is 2.53 bits per heavy atom. The van der Waals surface area contributed by atoms with Crippen molar-refractivity contribution < 1.29 is 0 Å². The number of hydrogen-bond acceptors (Lipinski definition) is 4. The van der Waals surface area contributed by atoms with E-state index in [9.17, 15) is 0 Å². The molecule has 3 nitrogen and oxygen atoms in total. The lowest BCUT2D eigenvalue weighted by atomic mass is 10.1. The van der Waals surface area contributed by atoms with Gasteiger partial charge >= 0.3 is 0 Å². The molecule has 0 aliphatic rings. The highest BCUT2D eigenvalue weighted by atomic mass is 32.2. The van der Waals surface area contributed by atoms with Crippen LogP contribution in [0.25, 0.3) is 0 Å². The fourth-order valence-corrected chi connectivity index (χ4v) is 1.97. The largest absolute Gasteiger partial charge is 0.370 e. The Morgan fingerprint density at radius 1 is 1.27 bits per heavy atom. The lowest BCUT2D eigenvalue weighted by Crippen LogP contribution is -2.09. The molecule has 1 rings (SSSR count). The van der Waals surface area contributed by atoms with Gasteiger partial charge in [0.1, 0.15) is 11.6 Å². The molecule has 0 unspecified atom stereocenters. The summed E-state index contributed by atoms with van der Waals surface area (Å²) in [5, 5.41) is 3.31. The smallest absolute Gasteiger partial charge is 0.140 e. The first-order valence-corrected chi connectivity index (χ1v) is 6.71. The van der Waals surface area contributed by atoms with Gasteiger partial charge in [0.2, 0.25) is 0 Å². The molecular formula is C11H19N3S. The first-order chi connectivity index (χ1) is 7.22. The van der Waals surface area contributed by atoms with Crippen molar-refractivity contribution in [2.45, 2.75) is 32.9 Å². The molecule has 0 bridgehead atoms. The zero-order valence-electron chi connectivity index (χ0n) is 9.92. The van der Waals surface area contributed by atoms with Gasteiger partial charge in [-0.25, -0.2) is 9.97 Å². The van der Waals surface area contributed by atoms with Gasteiger partial charge < -0.3 is 5.32 Å². The maximum Gasteiger partial charge on any atom is 0.140 e. The number of nitrogens with one attached hydrogen (secondary N) is 1. The van der Waals surface area contributed by atoms with Crippen LogP contribution in [-0.4, -0.2) is 22.8 Å². The lowest BCUT2D eigenvalue weighted by molar-refractivity contribution is 0.933. The molecule has 0 fully saturated rings. The van der Waals surface area contributed by atoms with Gasteiger partial charge in [-0.3, -0.25) is 0 Å². The third-order valence-electron chi connectivity index (χ3n) is 2.23. The fraction of sp³-hybridized carbons (Fsp3) is 0.636. The molecule has 1 N–H and O–H groups in total. The Morgan fingerprint density at radius 2 is 2.00 bits per heavy atom. The predicted molar refractivity (Wildman–Crippen MR) is 67.5 cm³/mol. The summed E-state index contributed by atoms with van der Waals surface area (Å²) < 4.78 is 0. The minimum Gasteiger partial charge on any atom is -0.370 e. The molecule has 0 saturated heterocycles. The Balaban J connectivity index is 3.07. The van der Waals surface area contributed by atoms with Crippen LogP contribution in [0, 0.1) is 6.92 Å². The van der Waals surface area contributed by atoms with Crippen LogP contribution >= 0.6 is 11.8 Å². The molecule has 0 radical (unpaired) electrons. The van der Waals surface area contributed by atoms with Gasteiger partial charge in [0.05, 0.1) is 5.75 Å². The summed E-state index contributed by atoms with van der Waals surface area (Å²) >= 11 is 1.75. The summed E-state index contributed by atoms with van der Waals surface area (Å²) in [5.41, 5.74) is 2.34. The Bertz CT molecular complexity index is 326. The van der Waals surface area contributed by atoms with Crippen molar-refractivity contribution >= 4 is 17.6 Å². The summed E-state index contributed by atoms with van der Waals surface area (Å²) in [5.74, 6) is 2.81. The molecule has 1 heterocycles. The van der Waals surface area contributed by atoms with Crippen LogP contribution in [0.3, 0.4) is 0 Å². The average molecular weight is 225 g/mol. The molecule has 0 amide bonds. The van der Waals surface area contributed by atoms with Gasteiger partial charge in [-0.15, -0.1) is 0 Å². The maximum atomic E-state index is 4.54. The van der Waals surface area contributed by atoms with Gasteiger partial charge in [-0.1, -0.05) is 6.92 Å². The number of hydrogen-bond donors (Lipinski definition) is 1. The highest BCUT2D eigenvalue weighted by Gasteiger charge is 2.08. The first-order valence-electron chi connectivity index (χ1n) is 5.32. The molecule has 15 heavy (non-hydrogen) atoms. The molecule has 1 aromatic rings. The normalized spacial score (nSPS) is 10.4. The Kier molecular flexibility index (Phi) is 4.88. The minimum atomic E-state index is 0.878. The average Bonchev–Trinajstić information content (AvgIpc) is 2.18. The second kappa shape index (κ2) is 5.95. The van der Waals surface area contributed by atoms with E-state index in [2.05, 4.69) is 42.3 Å². The van der Waals surface area contributed by atoms with E-state index in [0.29, 0.717) is 0 Å². The first kappa shape index (κ1) is 12.3. The summed E-state index contributed by atoms with van der Waals surface area (Å²) in [4.78, 5) is 9.05. The second-order valence-corrected chi connectivity index (χ2v) is 4.24. The van der Waals surface area contributed by atoms with E-state index >= 15 is 0 Å². The zero-order chi connectivity index (χ0) is 11.3. The number of aryl methyl sites for hydroxylation is 1. The molecule has 1 aromatic heterocycles. The highest BCUT2D eigenvalue weighted by molar-refractivity contribution is 7.97. The van der Waals surface area contributed by atoms with Crippen molar-refractivity contribution in [3.8, 4) is 0 Å². The number of nitrogens with zero attached hydrogens (tertiary/aromatic N) is 2. The molecule has 0 spiro atoms. The standard InChI is InChI=1S/C11H19N3S/c1-5-9-8(3)13-10(7-15-4)14-11(9)12-6-2/h5-7H2,1-4H3,(H,12,13,14). The van der Waals surface area contributed by atoms with Crippen LogP contribution in [0.4, 0.5) is 5.82 Å². The number of rotatable bonds is 5. The van der Waals surface area contributed by atoms with Crippen molar-refractivity contribution in [3.63, 3.8) is 0 Å². The van der Waals surface area contributed by atoms with Gasteiger partial charge in [-0.2, -0.15) is 11.8 Å². The van der Waals surface area contributed by atoms with E-state index in [1.807, 2.05) is 0 Å². The summed E-state index contributed by atoms with van der Waals surface area (Å²) in [6.07, 6.45) is 3.05. The van der Waals surface area contributed by atoms with Gasteiger partial charge in [0.15, 0.2) is 0 Å². The third kappa shape index (κ3) is 3.09. The molecule has 0 aliphatic carbocycles. The highest BCUT2D eigenvalue weighted by Crippen LogP contribution is 2.18. The van der Waals surface area contributed by atoms with Crippen LogP contribution in [0.15, 0.2) is 0 Å². The van der Waals surface area contributed by atoms with Crippen molar-refractivity contribution in [2.75, 3.05) is 18.1 Å². The summed E-state index contributed by atoms with van der Waals surface area (Å²) in [6.45, 7) is 7.19. The zero-order valence-corrected chi connectivity index (χ0v) is 10.7. The van der Waals surface area contributed by atoms with Crippen molar-refractivity contribution in [3.05, 3.63) is 17.1 Å². The van der Waals surface area contributed by atoms with E-state index in [1.165, 1.54) is 5.56 Å². The van der Waals surface area contributed by atoms with Crippen LogP contribution in [-0.2, 0) is 12.2 Å². The molecule has 84 valence electrons. The molecule has 4 heteroatoms. The van der Waals surface area contributed by atoms with Crippen molar-refractivity contribution in [1.29, 1.82) is 0 Å². The second-order valence-electron chi connectivity index (χ2n) is 3.37. The Labute approximate surface area is 96.1 Å². The predicted octanol–water partition coefficient (Wildman–Crippen LogP) is 2.64. The minimum absolute atomic E-state index is 0.878. The van der Waals surface area contributed by atoms with Crippen LogP contribution in [0.1, 0.15) is 30.9 Å². The van der Waals surface area contributed by atoms with Crippen LogP contribution in [0.2, 0.25) is 0 Å². The third-order valence-corrected chi connectivity index (χ3v) is 2.78. The van der Waals surface area contributed by atoms with Crippen molar-refractivity contribution in [1.82, 2.24) is 9.97 Å². The summed E-state index contributed by atoms with van der Waals surface area (Å²) in [7, 11) is 0. The molecule has 0 aromatic carbocycles. The molecule has 0 atom stereocenters. The van der Waals surface area contributed by atoms with E-state index < -0.39 is 0 Å². The van der Waals surface area contributed by atoms with E-state index in [0.717, 1.165) is 36.1 Å². The van der Waals surface area contributed by atoms with Crippen LogP contribution in [0.5, 0.6) is 0 Å². The van der Waals surface area contributed by atoms with Crippen molar-refractivity contribution in [2.24, 2.45) is 0 Å². The number of aromatic nitrogens is 2. The maximum absolute atomic E-state index is 4.54. The van der Waals surface area contributed by atoms with Gasteiger partial charge in [0, 0.05) is 17.8 Å². The monoisotopic (exact) mass is 225 g/mol. The topological polar surface area (TPSA) is 37.8 Å². The molecular weight excluding hydrogens is 206 g/mol. The fourth-order valence-electron chi connectivity index (χ4n) is 1.58. The Hall–Kier alpha value is -0.770.